The minimum Gasteiger partial charge on any atom is -1.00 e. The van der Waals surface area contributed by atoms with Gasteiger partial charge in [0.1, 0.15) is 0 Å². The largest absolute Gasteiger partial charge is 4.00 e. The minimum atomic E-state index is -0.242. The fourth-order valence-electron chi connectivity index (χ4n) is 1.74. The number of aryl methyl sites for hydroxylation is 1. The van der Waals surface area contributed by atoms with Crippen molar-refractivity contribution in [2.45, 2.75) is 13.8 Å². The molecule has 0 atom stereocenters. The summed E-state index contributed by atoms with van der Waals surface area (Å²) in [6, 6.07) is 15.4. The van der Waals surface area contributed by atoms with Crippen molar-refractivity contribution in [3.05, 3.63) is 53.6 Å². The fraction of sp³-hybridized carbons (Fsp3) is 0.154. The molecular formula is C13H15Cl3SiTi. The molecule has 18 heavy (non-hydrogen) atoms. The third-order valence-electron chi connectivity index (χ3n) is 2.85. The molecule has 0 aliphatic carbocycles. The summed E-state index contributed by atoms with van der Waals surface area (Å²) < 4.78 is 0. The van der Waals surface area contributed by atoms with Gasteiger partial charge in [0.2, 0.25) is 0 Å². The van der Waals surface area contributed by atoms with E-state index in [1.165, 1.54) is 16.3 Å². The number of rotatable bonds is 2. The van der Waals surface area contributed by atoms with Crippen molar-refractivity contribution in [1.82, 2.24) is 0 Å². The molecule has 0 aliphatic rings. The summed E-state index contributed by atoms with van der Waals surface area (Å²) in [4.78, 5) is 0. The standard InChI is InChI=1S/C13H15Si.3ClH.Ti/c1-10-8-9-13(11(10)2)14-12-6-4-3-5-7-12;;;;/h3-9H,14H2,1-2H3;3*1H;/q-1;;;;+4/p-3. The number of benzene rings is 1. The van der Waals surface area contributed by atoms with Crippen LogP contribution < -0.4 is 47.6 Å². The van der Waals surface area contributed by atoms with Crippen LogP contribution in [0.4, 0.5) is 0 Å². The quantitative estimate of drug-likeness (QED) is 0.372. The molecule has 0 bridgehead atoms. The van der Waals surface area contributed by atoms with E-state index in [0.717, 1.165) is 0 Å². The second kappa shape index (κ2) is 11.2. The Labute approximate surface area is 145 Å². The maximum atomic E-state index is 2.30. The molecule has 0 aromatic heterocycles. The number of halogens is 3. The molecule has 0 saturated carbocycles. The summed E-state index contributed by atoms with van der Waals surface area (Å²) in [5, 5.41) is 3.12. The molecule has 5 heteroatoms. The molecule has 0 unspecified atom stereocenters. The summed E-state index contributed by atoms with van der Waals surface area (Å²) in [5.74, 6) is 0. The smallest absolute Gasteiger partial charge is 1.00 e. The molecule has 0 spiro atoms. The summed E-state index contributed by atoms with van der Waals surface area (Å²) in [6.07, 6.45) is 0. The maximum absolute atomic E-state index is 2.30. The summed E-state index contributed by atoms with van der Waals surface area (Å²) >= 11 is 0. The molecular weight excluding hydrogens is 338 g/mol. The van der Waals surface area contributed by atoms with Gasteiger partial charge in [-0.3, -0.25) is 0 Å². The van der Waals surface area contributed by atoms with Gasteiger partial charge in [-0.15, -0.1) is 0 Å². The Hall–Kier alpha value is 0.371. The molecule has 2 rings (SSSR count). The van der Waals surface area contributed by atoms with E-state index in [0.29, 0.717) is 0 Å². The monoisotopic (exact) mass is 352 g/mol. The first kappa shape index (κ1) is 23.5. The van der Waals surface area contributed by atoms with E-state index < -0.39 is 0 Å². The van der Waals surface area contributed by atoms with Crippen LogP contribution >= 0.6 is 0 Å². The Morgan fingerprint density at radius 3 is 1.89 bits per heavy atom. The number of hydrogen-bond donors (Lipinski definition) is 0. The van der Waals surface area contributed by atoms with E-state index in [1.54, 1.807) is 5.19 Å². The van der Waals surface area contributed by atoms with E-state index in [2.05, 4.69) is 56.3 Å². The van der Waals surface area contributed by atoms with E-state index in [9.17, 15) is 0 Å². The van der Waals surface area contributed by atoms with Crippen molar-refractivity contribution in [2.75, 3.05) is 0 Å². The molecule has 0 saturated heterocycles. The molecule has 0 amide bonds. The van der Waals surface area contributed by atoms with Crippen LogP contribution in [0.2, 0.25) is 0 Å². The average Bonchev–Trinajstić information content (AvgIpc) is 2.52. The third kappa shape index (κ3) is 6.01. The van der Waals surface area contributed by atoms with E-state index in [4.69, 9.17) is 0 Å². The van der Waals surface area contributed by atoms with Gasteiger partial charge in [-0.25, -0.2) is 6.07 Å². The average molecular weight is 354 g/mol. The van der Waals surface area contributed by atoms with Crippen LogP contribution in [-0.4, -0.2) is 9.52 Å². The van der Waals surface area contributed by atoms with Crippen LogP contribution in [0.5, 0.6) is 0 Å². The van der Waals surface area contributed by atoms with Gasteiger partial charge in [-0.05, 0) is 0 Å². The van der Waals surface area contributed by atoms with Gasteiger partial charge >= 0.3 is 21.7 Å². The van der Waals surface area contributed by atoms with Crippen LogP contribution in [0, 0.1) is 13.8 Å². The second-order valence-corrected chi connectivity index (χ2v) is 5.76. The zero-order valence-corrected chi connectivity index (χ0v) is 15.6. The van der Waals surface area contributed by atoms with Gasteiger partial charge in [0, 0.05) is 9.52 Å². The third-order valence-corrected chi connectivity index (χ3v) is 4.87. The first-order valence-electron chi connectivity index (χ1n) is 5.03. The molecule has 2 aromatic rings. The molecule has 0 heterocycles. The van der Waals surface area contributed by atoms with Crippen LogP contribution in [0.25, 0.3) is 0 Å². The molecule has 96 valence electrons. The van der Waals surface area contributed by atoms with Gasteiger partial charge in [0.15, 0.2) is 0 Å². The molecule has 2 aromatic carbocycles. The number of hydrogen-bond acceptors (Lipinski definition) is 0. The van der Waals surface area contributed by atoms with E-state index >= 15 is 0 Å². The van der Waals surface area contributed by atoms with Gasteiger partial charge < -0.3 is 37.2 Å². The maximum Gasteiger partial charge on any atom is 4.00 e. The van der Waals surface area contributed by atoms with Gasteiger partial charge in [0.05, 0.1) is 0 Å². The van der Waals surface area contributed by atoms with Crippen molar-refractivity contribution >= 4 is 19.9 Å². The predicted octanol–water partition coefficient (Wildman–Crippen LogP) is -7.85. The summed E-state index contributed by atoms with van der Waals surface area (Å²) in [7, 11) is -0.242. The van der Waals surface area contributed by atoms with Gasteiger partial charge in [-0.2, -0.15) is 22.4 Å². The Morgan fingerprint density at radius 2 is 1.44 bits per heavy atom. The fourth-order valence-corrected chi connectivity index (χ4v) is 3.46. The normalized spacial score (nSPS) is 8.78. The Balaban J connectivity index is -0.000000562. The van der Waals surface area contributed by atoms with Crippen molar-refractivity contribution in [3.8, 4) is 0 Å². The van der Waals surface area contributed by atoms with Gasteiger partial charge in [0.25, 0.3) is 0 Å². The van der Waals surface area contributed by atoms with E-state index in [-0.39, 0.29) is 68.5 Å². The molecule has 0 aliphatic heterocycles. The van der Waals surface area contributed by atoms with Crippen molar-refractivity contribution in [2.24, 2.45) is 0 Å². The van der Waals surface area contributed by atoms with Gasteiger partial charge in [-0.1, -0.05) is 49.4 Å². The Bertz CT molecular complexity index is 429. The summed E-state index contributed by atoms with van der Waals surface area (Å²) in [6.45, 7) is 4.43. The van der Waals surface area contributed by atoms with Crippen LogP contribution in [-0.2, 0) is 21.7 Å². The molecule has 0 radical (unpaired) electrons. The Morgan fingerprint density at radius 1 is 0.889 bits per heavy atom. The zero-order chi connectivity index (χ0) is 9.97. The van der Waals surface area contributed by atoms with Crippen LogP contribution in [0.3, 0.4) is 0 Å². The predicted molar refractivity (Wildman–Crippen MR) is 65.8 cm³/mol. The second-order valence-electron chi connectivity index (χ2n) is 3.83. The first-order chi connectivity index (χ1) is 6.77. The topological polar surface area (TPSA) is 0 Å². The molecule has 0 nitrogen and oxygen atoms in total. The Kier molecular flexibility index (Phi) is 14.6. The van der Waals surface area contributed by atoms with Crippen LogP contribution in [0.1, 0.15) is 11.1 Å². The van der Waals surface area contributed by atoms with Crippen molar-refractivity contribution < 1.29 is 58.9 Å². The summed E-state index contributed by atoms with van der Waals surface area (Å²) in [5.41, 5.74) is 2.93. The zero-order valence-electron chi connectivity index (χ0n) is 10.4. The SMILES string of the molecule is Cc1cc[c-]([SiH2]c2ccccc2)c1C.[Cl-].[Cl-].[Cl-].[Ti+4]. The first-order valence-corrected chi connectivity index (χ1v) is 6.44. The minimum absolute atomic E-state index is 0. The van der Waals surface area contributed by atoms with E-state index in [1.807, 2.05) is 0 Å². The molecule has 0 N–H and O–H groups in total. The molecule has 0 fully saturated rings. The van der Waals surface area contributed by atoms with Crippen molar-refractivity contribution in [3.63, 3.8) is 0 Å². The van der Waals surface area contributed by atoms with Crippen molar-refractivity contribution in [1.29, 1.82) is 0 Å². The van der Waals surface area contributed by atoms with Crippen LogP contribution in [0.15, 0.2) is 42.5 Å².